The van der Waals surface area contributed by atoms with Crippen LogP contribution in [0.15, 0.2) is 6.07 Å². The molecule has 124 valence electrons. The molecule has 0 aromatic heterocycles. The normalized spacial score (nSPS) is 14.5. The molecular formula is C14H22N2O6. The molecule has 1 rings (SSSR count). The highest BCUT2D eigenvalue weighted by molar-refractivity contribution is 5.64. The van der Waals surface area contributed by atoms with Crippen LogP contribution in [0.2, 0.25) is 0 Å². The minimum Gasteiger partial charge on any atom is -0.507 e. The first-order valence-corrected chi connectivity index (χ1v) is 6.76. The maximum absolute atomic E-state index is 11.2. The van der Waals surface area contributed by atoms with Crippen molar-refractivity contribution < 1.29 is 25.0 Å². The van der Waals surface area contributed by atoms with Gasteiger partial charge in [0.05, 0.1) is 10.5 Å². The van der Waals surface area contributed by atoms with E-state index in [4.69, 9.17) is 4.74 Å². The van der Waals surface area contributed by atoms with Crippen molar-refractivity contribution in [1.82, 2.24) is 5.32 Å². The Labute approximate surface area is 128 Å². The molecule has 22 heavy (non-hydrogen) atoms. The Balaban J connectivity index is 3.30. The number of phenolic OH excluding ortho intramolecular Hbond substituents is 2. The zero-order chi connectivity index (χ0) is 17.2. The smallest absolute Gasteiger partial charge is 0.321 e. The lowest BCUT2D eigenvalue weighted by Gasteiger charge is -2.30. The molecule has 0 bridgehead atoms. The van der Waals surface area contributed by atoms with E-state index in [1.54, 1.807) is 0 Å². The molecule has 0 saturated heterocycles. The highest BCUT2D eigenvalue weighted by Crippen LogP contribution is 2.43. The zero-order valence-electron chi connectivity index (χ0n) is 13.2. The molecular weight excluding hydrogens is 292 g/mol. The number of phenols is 2. The quantitative estimate of drug-likeness (QED) is 0.371. The van der Waals surface area contributed by atoms with E-state index in [1.807, 2.05) is 20.8 Å². The van der Waals surface area contributed by atoms with Crippen LogP contribution < -0.4 is 10.1 Å². The Morgan fingerprint density at radius 1 is 1.32 bits per heavy atom. The van der Waals surface area contributed by atoms with E-state index in [1.165, 1.54) is 13.8 Å². The first-order valence-electron chi connectivity index (χ1n) is 6.76. The monoisotopic (exact) mass is 314 g/mol. The molecule has 0 saturated carbocycles. The van der Waals surface area contributed by atoms with E-state index < -0.39 is 45.7 Å². The standard InChI is InChI=1S/C14H22N2O6/c1-7-9(18)6-10(19)12(11(7)16(20)21)22-13(8(2)17)15-14(3,4)5/h6,8,13,15,17-19H,1-5H3. The van der Waals surface area contributed by atoms with Crippen LogP contribution in [-0.2, 0) is 0 Å². The maximum Gasteiger partial charge on any atom is 0.321 e. The van der Waals surface area contributed by atoms with Crippen molar-refractivity contribution in [2.75, 3.05) is 0 Å². The molecule has 2 atom stereocenters. The van der Waals surface area contributed by atoms with Crippen LogP contribution in [-0.4, -0.2) is 38.1 Å². The van der Waals surface area contributed by atoms with Crippen LogP contribution in [0.25, 0.3) is 0 Å². The third-order valence-corrected chi connectivity index (χ3v) is 2.90. The van der Waals surface area contributed by atoms with Gasteiger partial charge in [-0.15, -0.1) is 0 Å². The van der Waals surface area contributed by atoms with Gasteiger partial charge in [0, 0.05) is 11.6 Å². The van der Waals surface area contributed by atoms with E-state index in [-0.39, 0.29) is 5.56 Å². The second-order valence-electron chi connectivity index (χ2n) is 6.15. The third-order valence-electron chi connectivity index (χ3n) is 2.90. The van der Waals surface area contributed by atoms with E-state index in [0.717, 1.165) is 6.07 Å². The minimum atomic E-state index is -0.993. The first kappa shape index (κ1) is 18.0. The van der Waals surface area contributed by atoms with Gasteiger partial charge in [0.15, 0.2) is 12.0 Å². The van der Waals surface area contributed by atoms with Crippen LogP contribution in [0.1, 0.15) is 33.3 Å². The molecule has 0 spiro atoms. The number of nitrogens with zero attached hydrogens (tertiary/aromatic N) is 1. The SMILES string of the molecule is Cc1c(O)cc(O)c(OC(NC(C)(C)C)C(C)O)c1[N+](=O)[O-]. The summed E-state index contributed by atoms with van der Waals surface area (Å²) in [6, 6.07) is 0.966. The zero-order valence-corrected chi connectivity index (χ0v) is 13.2. The Hall–Kier alpha value is -2.06. The number of aliphatic hydroxyl groups excluding tert-OH is 1. The van der Waals surface area contributed by atoms with Crippen molar-refractivity contribution in [3.05, 3.63) is 21.7 Å². The van der Waals surface area contributed by atoms with Crippen molar-refractivity contribution in [3.8, 4) is 17.2 Å². The largest absolute Gasteiger partial charge is 0.507 e. The number of ether oxygens (including phenoxy) is 1. The van der Waals surface area contributed by atoms with E-state index in [2.05, 4.69) is 5.32 Å². The molecule has 0 aliphatic rings. The Morgan fingerprint density at radius 2 is 1.86 bits per heavy atom. The number of nitro benzene ring substituents is 1. The molecule has 0 aliphatic heterocycles. The lowest BCUT2D eigenvalue weighted by atomic mass is 10.1. The average Bonchev–Trinajstić information content (AvgIpc) is 2.32. The second kappa shape index (κ2) is 6.37. The number of hydrogen-bond acceptors (Lipinski definition) is 7. The number of rotatable bonds is 5. The summed E-state index contributed by atoms with van der Waals surface area (Å²) in [6.45, 7) is 8.31. The lowest BCUT2D eigenvalue weighted by Crippen LogP contribution is -2.51. The summed E-state index contributed by atoms with van der Waals surface area (Å²) >= 11 is 0. The van der Waals surface area contributed by atoms with E-state index in [9.17, 15) is 25.4 Å². The molecule has 0 radical (unpaired) electrons. The number of nitrogens with one attached hydrogen (secondary N) is 1. The number of nitro groups is 1. The van der Waals surface area contributed by atoms with E-state index in [0.29, 0.717) is 0 Å². The molecule has 2 unspecified atom stereocenters. The van der Waals surface area contributed by atoms with Gasteiger partial charge in [0.2, 0.25) is 5.75 Å². The first-order chi connectivity index (χ1) is 9.94. The minimum absolute atomic E-state index is 0.0297. The Kier molecular flexibility index (Phi) is 5.21. The van der Waals surface area contributed by atoms with Gasteiger partial charge in [0.1, 0.15) is 11.9 Å². The van der Waals surface area contributed by atoms with Crippen LogP contribution in [0.4, 0.5) is 5.69 Å². The van der Waals surface area contributed by atoms with Gasteiger partial charge in [-0.3, -0.25) is 15.4 Å². The van der Waals surface area contributed by atoms with Crippen molar-refractivity contribution in [2.24, 2.45) is 0 Å². The van der Waals surface area contributed by atoms with Gasteiger partial charge in [-0.25, -0.2) is 0 Å². The van der Waals surface area contributed by atoms with Crippen molar-refractivity contribution in [1.29, 1.82) is 0 Å². The molecule has 0 heterocycles. The molecule has 0 aliphatic carbocycles. The Bertz CT molecular complexity index is 565. The van der Waals surface area contributed by atoms with Gasteiger partial charge in [0.25, 0.3) is 0 Å². The van der Waals surface area contributed by atoms with Crippen LogP contribution in [0.3, 0.4) is 0 Å². The summed E-state index contributed by atoms with van der Waals surface area (Å²) in [6.07, 6.45) is -1.97. The summed E-state index contributed by atoms with van der Waals surface area (Å²) < 4.78 is 5.45. The third kappa shape index (κ3) is 4.22. The summed E-state index contributed by atoms with van der Waals surface area (Å²) in [5.74, 6) is -1.38. The summed E-state index contributed by atoms with van der Waals surface area (Å²) in [5.41, 5.74) is -1.00. The molecule has 0 amide bonds. The van der Waals surface area contributed by atoms with Gasteiger partial charge >= 0.3 is 5.69 Å². The van der Waals surface area contributed by atoms with Gasteiger partial charge in [-0.05, 0) is 34.6 Å². The van der Waals surface area contributed by atoms with E-state index >= 15 is 0 Å². The number of aliphatic hydroxyl groups is 1. The molecule has 1 aromatic carbocycles. The number of benzene rings is 1. The highest BCUT2D eigenvalue weighted by atomic mass is 16.6. The number of hydrogen-bond donors (Lipinski definition) is 4. The fourth-order valence-electron chi connectivity index (χ4n) is 1.85. The van der Waals surface area contributed by atoms with Gasteiger partial charge < -0.3 is 20.1 Å². The summed E-state index contributed by atoms with van der Waals surface area (Å²) in [5, 5.41) is 43.4. The highest BCUT2D eigenvalue weighted by Gasteiger charge is 2.31. The van der Waals surface area contributed by atoms with Crippen LogP contribution in [0, 0.1) is 17.0 Å². The molecule has 8 heteroatoms. The van der Waals surface area contributed by atoms with Gasteiger partial charge in [-0.2, -0.15) is 0 Å². The summed E-state index contributed by atoms with van der Waals surface area (Å²) in [4.78, 5) is 10.5. The van der Waals surface area contributed by atoms with Crippen molar-refractivity contribution in [3.63, 3.8) is 0 Å². The maximum atomic E-state index is 11.2. The fourth-order valence-corrected chi connectivity index (χ4v) is 1.85. The van der Waals surface area contributed by atoms with Crippen molar-refractivity contribution >= 4 is 5.69 Å². The average molecular weight is 314 g/mol. The topological polar surface area (TPSA) is 125 Å². The molecule has 0 fully saturated rings. The fraction of sp³-hybridized carbons (Fsp3) is 0.571. The van der Waals surface area contributed by atoms with Crippen molar-refractivity contribution in [2.45, 2.75) is 52.5 Å². The molecule has 8 nitrogen and oxygen atoms in total. The predicted molar refractivity (Wildman–Crippen MR) is 80.1 cm³/mol. The predicted octanol–water partition coefficient (Wildman–Crippen LogP) is 1.79. The lowest BCUT2D eigenvalue weighted by molar-refractivity contribution is -0.386. The number of aromatic hydroxyl groups is 2. The molecule has 4 N–H and O–H groups in total. The van der Waals surface area contributed by atoms with Crippen LogP contribution >= 0.6 is 0 Å². The van der Waals surface area contributed by atoms with Gasteiger partial charge in [-0.1, -0.05) is 0 Å². The second-order valence-corrected chi connectivity index (χ2v) is 6.15. The Morgan fingerprint density at radius 3 is 2.27 bits per heavy atom. The molecule has 1 aromatic rings. The summed E-state index contributed by atoms with van der Waals surface area (Å²) in [7, 11) is 0. The van der Waals surface area contributed by atoms with Crippen LogP contribution in [0.5, 0.6) is 17.2 Å².